The molecule has 2 nitrogen and oxygen atoms in total. The van der Waals surface area contributed by atoms with E-state index >= 15 is 0 Å². The summed E-state index contributed by atoms with van der Waals surface area (Å²) in [5.74, 6) is 0. The smallest absolute Gasteiger partial charge is 0.0786 e. The van der Waals surface area contributed by atoms with Crippen LogP contribution in [0, 0.1) is 27.7 Å². The summed E-state index contributed by atoms with van der Waals surface area (Å²) in [5.41, 5.74) is 6.84. The van der Waals surface area contributed by atoms with E-state index in [0.29, 0.717) is 0 Å². The summed E-state index contributed by atoms with van der Waals surface area (Å²) in [4.78, 5) is 9.58. The van der Waals surface area contributed by atoms with E-state index in [9.17, 15) is 0 Å². The van der Waals surface area contributed by atoms with Crippen LogP contribution >= 0.6 is 0 Å². The molecule has 0 aliphatic rings. The van der Waals surface area contributed by atoms with Crippen LogP contribution in [0.25, 0.3) is 32.6 Å². The van der Waals surface area contributed by atoms with Crippen LogP contribution in [0.15, 0.2) is 36.4 Å². The lowest BCUT2D eigenvalue weighted by Gasteiger charge is -2.11. The standard InChI is InChI=1S/C20H18N2/c1-11-9-13(3)21-19-15(11)5-7-18-17(19)8-6-16-12(2)10-14(4)22-20(16)18/h5-10H,1-4H3. The van der Waals surface area contributed by atoms with Gasteiger partial charge in [-0.25, -0.2) is 0 Å². The molecule has 0 N–H and O–H groups in total. The molecule has 2 heterocycles. The van der Waals surface area contributed by atoms with Crippen LogP contribution in [0.4, 0.5) is 0 Å². The van der Waals surface area contributed by atoms with Gasteiger partial charge in [0, 0.05) is 32.9 Å². The molecule has 0 atom stereocenters. The zero-order valence-corrected chi connectivity index (χ0v) is 13.4. The monoisotopic (exact) mass is 286 g/mol. The first-order valence-corrected chi connectivity index (χ1v) is 7.62. The molecule has 0 bridgehead atoms. The Morgan fingerprint density at radius 3 is 1.32 bits per heavy atom. The van der Waals surface area contributed by atoms with Crippen molar-refractivity contribution < 1.29 is 0 Å². The van der Waals surface area contributed by atoms with Crippen molar-refractivity contribution in [2.24, 2.45) is 0 Å². The molecule has 0 saturated carbocycles. The maximum atomic E-state index is 4.79. The molecule has 4 aromatic rings. The highest BCUT2D eigenvalue weighted by Gasteiger charge is 2.10. The van der Waals surface area contributed by atoms with Crippen molar-refractivity contribution in [3.63, 3.8) is 0 Å². The molecule has 2 heteroatoms. The highest BCUT2D eigenvalue weighted by Crippen LogP contribution is 2.32. The average molecular weight is 286 g/mol. The Morgan fingerprint density at radius 1 is 0.545 bits per heavy atom. The molecule has 108 valence electrons. The minimum atomic E-state index is 1.06. The molecule has 0 aliphatic heterocycles. The first kappa shape index (κ1) is 13.2. The van der Waals surface area contributed by atoms with Crippen LogP contribution in [0.5, 0.6) is 0 Å². The maximum absolute atomic E-state index is 4.79. The normalized spacial score (nSPS) is 11.6. The molecule has 22 heavy (non-hydrogen) atoms. The second-order valence-electron chi connectivity index (χ2n) is 6.18. The third-order valence-electron chi connectivity index (χ3n) is 4.42. The number of hydrogen-bond donors (Lipinski definition) is 0. The van der Waals surface area contributed by atoms with Crippen molar-refractivity contribution in [1.29, 1.82) is 0 Å². The highest BCUT2D eigenvalue weighted by molar-refractivity contribution is 6.15. The quantitative estimate of drug-likeness (QED) is 0.417. The van der Waals surface area contributed by atoms with Gasteiger partial charge in [-0.3, -0.25) is 9.97 Å². The van der Waals surface area contributed by atoms with Gasteiger partial charge in [0.05, 0.1) is 11.0 Å². The van der Waals surface area contributed by atoms with Crippen LogP contribution in [0.2, 0.25) is 0 Å². The van der Waals surface area contributed by atoms with Crippen molar-refractivity contribution in [3.05, 3.63) is 58.9 Å². The molecule has 2 aromatic heterocycles. The summed E-state index contributed by atoms with van der Waals surface area (Å²) in [6, 6.07) is 13.0. The van der Waals surface area contributed by atoms with Crippen molar-refractivity contribution in [2.45, 2.75) is 27.7 Å². The van der Waals surface area contributed by atoms with Crippen molar-refractivity contribution in [2.75, 3.05) is 0 Å². The van der Waals surface area contributed by atoms with Crippen molar-refractivity contribution in [1.82, 2.24) is 9.97 Å². The molecule has 0 aliphatic carbocycles. The lowest BCUT2D eigenvalue weighted by Crippen LogP contribution is -1.92. The van der Waals surface area contributed by atoms with Gasteiger partial charge in [-0.1, -0.05) is 24.3 Å². The third kappa shape index (κ3) is 1.80. The van der Waals surface area contributed by atoms with E-state index in [0.717, 1.165) is 22.4 Å². The molecule has 4 rings (SSSR count). The summed E-state index contributed by atoms with van der Waals surface area (Å²) in [6.45, 7) is 8.41. The zero-order valence-electron chi connectivity index (χ0n) is 13.4. The Hall–Kier alpha value is -2.48. The Labute approximate surface area is 129 Å². The molecule has 0 fully saturated rings. The Bertz CT molecular complexity index is 975. The fourth-order valence-corrected chi connectivity index (χ4v) is 3.45. The zero-order chi connectivity index (χ0) is 15.4. The van der Waals surface area contributed by atoms with Gasteiger partial charge in [-0.15, -0.1) is 0 Å². The lowest BCUT2D eigenvalue weighted by molar-refractivity contribution is 1.23. The SMILES string of the molecule is Cc1cc(C)c2ccc3c(ccc4c(C)cc(C)nc43)c2n1. The van der Waals surface area contributed by atoms with Gasteiger partial charge in [-0.05, 0) is 51.0 Å². The maximum Gasteiger partial charge on any atom is 0.0786 e. The van der Waals surface area contributed by atoms with Crippen LogP contribution in [0.1, 0.15) is 22.5 Å². The van der Waals surface area contributed by atoms with E-state index in [1.54, 1.807) is 0 Å². The topological polar surface area (TPSA) is 25.8 Å². The second-order valence-corrected chi connectivity index (χ2v) is 6.18. The van der Waals surface area contributed by atoms with E-state index in [4.69, 9.17) is 9.97 Å². The summed E-state index contributed by atoms with van der Waals surface area (Å²) in [6.07, 6.45) is 0. The molecular weight excluding hydrogens is 268 g/mol. The van der Waals surface area contributed by atoms with Gasteiger partial charge in [0.1, 0.15) is 0 Å². The van der Waals surface area contributed by atoms with Crippen LogP contribution < -0.4 is 0 Å². The van der Waals surface area contributed by atoms with E-state index in [1.807, 2.05) is 0 Å². The number of pyridine rings is 2. The van der Waals surface area contributed by atoms with Crippen LogP contribution in [0.3, 0.4) is 0 Å². The summed E-state index contributed by atoms with van der Waals surface area (Å²) >= 11 is 0. The molecule has 0 unspecified atom stereocenters. The molecule has 0 spiro atoms. The summed E-state index contributed by atoms with van der Waals surface area (Å²) in [5, 5.41) is 4.83. The van der Waals surface area contributed by atoms with E-state index in [2.05, 4.69) is 64.1 Å². The Balaban J connectivity index is 2.27. The molecule has 0 radical (unpaired) electrons. The van der Waals surface area contributed by atoms with E-state index in [1.165, 1.54) is 32.7 Å². The molecular formula is C20H18N2. The largest absolute Gasteiger partial charge is 0.252 e. The predicted octanol–water partition coefficient (Wildman–Crippen LogP) is 5.17. The highest BCUT2D eigenvalue weighted by atomic mass is 14.7. The fourth-order valence-electron chi connectivity index (χ4n) is 3.45. The van der Waals surface area contributed by atoms with Crippen LogP contribution in [-0.2, 0) is 0 Å². The number of fused-ring (bicyclic) bond motifs is 5. The summed E-state index contributed by atoms with van der Waals surface area (Å²) < 4.78 is 0. The van der Waals surface area contributed by atoms with Gasteiger partial charge in [0.25, 0.3) is 0 Å². The lowest BCUT2D eigenvalue weighted by atomic mass is 9.98. The predicted molar refractivity (Wildman–Crippen MR) is 93.5 cm³/mol. The van der Waals surface area contributed by atoms with E-state index in [-0.39, 0.29) is 0 Å². The minimum Gasteiger partial charge on any atom is -0.252 e. The summed E-state index contributed by atoms with van der Waals surface area (Å²) in [7, 11) is 0. The molecule has 0 amide bonds. The van der Waals surface area contributed by atoms with Crippen molar-refractivity contribution >= 4 is 32.6 Å². The van der Waals surface area contributed by atoms with Crippen molar-refractivity contribution in [3.8, 4) is 0 Å². The Kier molecular flexibility index (Phi) is 2.70. The fraction of sp³-hybridized carbons (Fsp3) is 0.200. The number of aromatic nitrogens is 2. The Morgan fingerprint density at radius 2 is 0.909 bits per heavy atom. The van der Waals surface area contributed by atoms with Gasteiger partial charge in [0.2, 0.25) is 0 Å². The van der Waals surface area contributed by atoms with Gasteiger partial charge in [0.15, 0.2) is 0 Å². The second kappa shape index (κ2) is 4.51. The number of nitrogens with zero attached hydrogens (tertiary/aromatic N) is 2. The van der Waals surface area contributed by atoms with Gasteiger partial charge < -0.3 is 0 Å². The average Bonchev–Trinajstić information content (AvgIpc) is 2.46. The molecule has 0 saturated heterocycles. The third-order valence-corrected chi connectivity index (χ3v) is 4.42. The number of benzene rings is 2. The minimum absolute atomic E-state index is 1.06. The van der Waals surface area contributed by atoms with Gasteiger partial charge >= 0.3 is 0 Å². The molecule has 2 aromatic carbocycles. The first-order chi connectivity index (χ1) is 10.5. The van der Waals surface area contributed by atoms with Crippen LogP contribution in [-0.4, -0.2) is 9.97 Å². The van der Waals surface area contributed by atoms with Gasteiger partial charge in [-0.2, -0.15) is 0 Å². The number of rotatable bonds is 0. The van der Waals surface area contributed by atoms with E-state index < -0.39 is 0 Å². The first-order valence-electron chi connectivity index (χ1n) is 7.62. The number of aryl methyl sites for hydroxylation is 4. The number of hydrogen-bond acceptors (Lipinski definition) is 2.